The summed E-state index contributed by atoms with van der Waals surface area (Å²) in [6.45, 7) is 6.24. The van der Waals surface area contributed by atoms with E-state index in [0.29, 0.717) is 37.2 Å². The van der Waals surface area contributed by atoms with Crippen LogP contribution in [-0.4, -0.2) is 38.2 Å². The minimum absolute atomic E-state index is 0.0447. The zero-order chi connectivity index (χ0) is 17.7. The standard InChI is InChI=1S/C19H24N4O2/c1-12(2)15-8-17(21(3)20-15)19(25)22-9-13-7-14(11-22)16-5-4-6-18(24)23(16)10-13/h4-6,8,12-14H,7,9-11H2,1-3H3/t13-,14+/m1/s1. The Morgan fingerprint density at radius 3 is 2.76 bits per heavy atom. The van der Waals surface area contributed by atoms with Gasteiger partial charge >= 0.3 is 0 Å². The highest BCUT2D eigenvalue weighted by atomic mass is 16.2. The third-order valence-electron chi connectivity index (χ3n) is 5.48. The van der Waals surface area contributed by atoms with Gasteiger partial charge in [0.25, 0.3) is 11.5 Å². The van der Waals surface area contributed by atoms with Gasteiger partial charge in [-0.2, -0.15) is 5.10 Å². The summed E-state index contributed by atoms with van der Waals surface area (Å²) in [6.07, 6.45) is 1.05. The van der Waals surface area contributed by atoms with Crippen molar-refractivity contribution in [3.05, 3.63) is 51.7 Å². The molecule has 0 saturated carbocycles. The van der Waals surface area contributed by atoms with Crippen molar-refractivity contribution >= 4 is 5.91 Å². The number of nitrogens with zero attached hydrogens (tertiary/aromatic N) is 4. The Hall–Kier alpha value is -2.37. The maximum absolute atomic E-state index is 13.1. The molecule has 1 saturated heterocycles. The monoisotopic (exact) mass is 340 g/mol. The average molecular weight is 340 g/mol. The molecule has 1 amide bonds. The molecule has 2 aromatic heterocycles. The van der Waals surface area contributed by atoms with Gasteiger partial charge in [-0.3, -0.25) is 14.3 Å². The number of hydrogen-bond donors (Lipinski definition) is 0. The van der Waals surface area contributed by atoms with Crippen LogP contribution in [0.25, 0.3) is 0 Å². The van der Waals surface area contributed by atoms with Gasteiger partial charge in [0, 0.05) is 44.4 Å². The molecule has 25 heavy (non-hydrogen) atoms. The highest BCUT2D eigenvalue weighted by molar-refractivity contribution is 5.92. The smallest absolute Gasteiger partial charge is 0.272 e. The number of carbonyl (C=O) groups excluding carboxylic acids is 1. The molecule has 2 aliphatic rings. The van der Waals surface area contributed by atoms with Gasteiger partial charge in [-0.25, -0.2) is 0 Å². The Kier molecular flexibility index (Phi) is 3.78. The maximum atomic E-state index is 13.1. The van der Waals surface area contributed by atoms with Gasteiger partial charge in [-0.1, -0.05) is 19.9 Å². The number of fused-ring (bicyclic) bond motifs is 4. The summed E-state index contributed by atoms with van der Waals surface area (Å²) in [5, 5.41) is 4.47. The second-order valence-corrected chi connectivity index (χ2v) is 7.64. The van der Waals surface area contributed by atoms with Gasteiger partial charge in [0.1, 0.15) is 5.69 Å². The third-order valence-corrected chi connectivity index (χ3v) is 5.48. The highest BCUT2D eigenvalue weighted by Gasteiger charge is 2.37. The van der Waals surface area contributed by atoms with Crippen molar-refractivity contribution in [3.8, 4) is 0 Å². The van der Waals surface area contributed by atoms with Crippen molar-refractivity contribution in [2.45, 2.75) is 38.6 Å². The van der Waals surface area contributed by atoms with Crippen LogP contribution in [-0.2, 0) is 13.6 Å². The summed E-state index contributed by atoms with van der Waals surface area (Å²) in [5.74, 6) is 0.923. The Labute approximate surface area is 147 Å². The van der Waals surface area contributed by atoms with Crippen molar-refractivity contribution in [1.82, 2.24) is 19.2 Å². The van der Waals surface area contributed by atoms with E-state index in [0.717, 1.165) is 17.8 Å². The largest absolute Gasteiger partial charge is 0.336 e. The Morgan fingerprint density at radius 1 is 1.24 bits per heavy atom. The van der Waals surface area contributed by atoms with Crippen LogP contribution in [0.5, 0.6) is 0 Å². The first-order valence-electron chi connectivity index (χ1n) is 8.97. The van der Waals surface area contributed by atoms with Gasteiger partial charge in [-0.15, -0.1) is 0 Å². The molecule has 6 heteroatoms. The van der Waals surface area contributed by atoms with E-state index in [-0.39, 0.29) is 17.4 Å². The summed E-state index contributed by atoms with van der Waals surface area (Å²) in [5.41, 5.74) is 2.73. The molecule has 0 radical (unpaired) electrons. The Bertz CT molecular complexity index is 880. The number of likely N-dealkylation sites (tertiary alicyclic amines) is 1. The molecule has 2 aliphatic heterocycles. The van der Waals surface area contributed by atoms with E-state index in [1.54, 1.807) is 10.7 Å². The number of aromatic nitrogens is 3. The average Bonchev–Trinajstić information content (AvgIpc) is 2.97. The van der Waals surface area contributed by atoms with Gasteiger partial charge < -0.3 is 9.47 Å². The number of carbonyl (C=O) groups is 1. The molecule has 1 fully saturated rings. The lowest BCUT2D eigenvalue weighted by Crippen LogP contribution is -2.49. The first kappa shape index (κ1) is 16.1. The van der Waals surface area contributed by atoms with Crippen LogP contribution < -0.4 is 5.56 Å². The van der Waals surface area contributed by atoms with Crippen LogP contribution in [0.1, 0.15) is 54.0 Å². The van der Waals surface area contributed by atoms with E-state index in [4.69, 9.17) is 0 Å². The molecule has 2 bridgehead atoms. The zero-order valence-electron chi connectivity index (χ0n) is 15.0. The molecule has 2 aromatic rings. The van der Waals surface area contributed by atoms with Crippen LogP contribution in [0.15, 0.2) is 29.1 Å². The second kappa shape index (κ2) is 5.86. The number of pyridine rings is 1. The fraction of sp³-hybridized carbons (Fsp3) is 0.526. The number of aryl methyl sites for hydroxylation is 1. The summed E-state index contributed by atoms with van der Waals surface area (Å²) in [6, 6.07) is 7.38. The molecule has 2 atom stereocenters. The summed E-state index contributed by atoms with van der Waals surface area (Å²) in [4.78, 5) is 27.1. The van der Waals surface area contributed by atoms with E-state index >= 15 is 0 Å². The molecule has 4 rings (SSSR count). The fourth-order valence-electron chi connectivity index (χ4n) is 4.20. The van der Waals surface area contributed by atoms with Gasteiger partial charge in [0.15, 0.2) is 0 Å². The normalized spacial score (nSPS) is 22.2. The zero-order valence-corrected chi connectivity index (χ0v) is 15.0. The van der Waals surface area contributed by atoms with Crippen molar-refractivity contribution in [2.24, 2.45) is 13.0 Å². The second-order valence-electron chi connectivity index (χ2n) is 7.64. The number of rotatable bonds is 2. The predicted octanol–water partition coefficient (Wildman–Crippen LogP) is 1.96. The van der Waals surface area contributed by atoms with Crippen molar-refractivity contribution < 1.29 is 4.79 Å². The molecular weight excluding hydrogens is 316 g/mol. The number of hydrogen-bond acceptors (Lipinski definition) is 3. The topological polar surface area (TPSA) is 60.1 Å². The lowest BCUT2D eigenvalue weighted by atomic mass is 9.83. The molecule has 0 spiro atoms. The molecule has 0 unspecified atom stereocenters. The summed E-state index contributed by atoms with van der Waals surface area (Å²) >= 11 is 0. The molecule has 0 aromatic carbocycles. The van der Waals surface area contributed by atoms with Gasteiger partial charge in [0.2, 0.25) is 0 Å². The van der Waals surface area contributed by atoms with Crippen LogP contribution in [0.4, 0.5) is 0 Å². The molecule has 4 heterocycles. The van der Waals surface area contributed by atoms with E-state index in [2.05, 4.69) is 18.9 Å². The number of amides is 1. The van der Waals surface area contributed by atoms with Crippen molar-refractivity contribution in [2.75, 3.05) is 13.1 Å². The van der Waals surface area contributed by atoms with Crippen LogP contribution >= 0.6 is 0 Å². The van der Waals surface area contributed by atoms with E-state index in [9.17, 15) is 9.59 Å². The molecular formula is C19H24N4O2. The minimum atomic E-state index is 0.0447. The third kappa shape index (κ3) is 2.69. The number of piperidine rings is 1. The first-order valence-corrected chi connectivity index (χ1v) is 8.97. The minimum Gasteiger partial charge on any atom is -0.336 e. The fourth-order valence-corrected chi connectivity index (χ4v) is 4.20. The van der Waals surface area contributed by atoms with E-state index < -0.39 is 0 Å². The van der Waals surface area contributed by atoms with Crippen molar-refractivity contribution in [1.29, 1.82) is 0 Å². The lowest BCUT2D eigenvalue weighted by molar-refractivity contribution is 0.0584. The van der Waals surface area contributed by atoms with E-state index in [1.807, 2.05) is 34.7 Å². The summed E-state index contributed by atoms with van der Waals surface area (Å²) < 4.78 is 3.59. The molecule has 132 valence electrons. The lowest BCUT2D eigenvalue weighted by Gasteiger charge is -2.42. The van der Waals surface area contributed by atoms with Crippen LogP contribution in [0.2, 0.25) is 0 Å². The van der Waals surface area contributed by atoms with Gasteiger partial charge in [0.05, 0.1) is 5.69 Å². The maximum Gasteiger partial charge on any atom is 0.272 e. The Balaban J connectivity index is 1.62. The predicted molar refractivity (Wildman–Crippen MR) is 94.8 cm³/mol. The molecule has 6 nitrogen and oxygen atoms in total. The van der Waals surface area contributed by atoms with E-state index in [1.165, 1.54) is 0 Å². The van der Waals surface area contributed by atoms with Crippen LogP contribution in [0, 0.1) is 5.92 Å². The molecule has 0 aliphatic carbocycles. The van der Waals surface area contributed by atoms with Crippen molar-refractivity contribution in [3.63, 3.8) is 0 Å². The molecule has 0 N–H and O–H groups in total. The van der Waals surface area contributed by atoms with Crippen LogP contribution in [0.3, 0.4) is 0 Å². The highest BCUT2D eigenvalue weighted by Crippen LogP contribution is 2.35. The quantitative estimate of drug-likeness (QED) is 0.840. The first-order chi connectivity index (χ1) is 11.9. The Morgan fingerprint density at radius 2 is 2.04 bits per heavy atom. The summed E-state index contributed by atoms with van der Waals surface area (Å²) in [7, 11) is 1.83. The van der Waals surface area contributed by atoms with Gasteiger partial charge in [-0.05, 0) is 30.4 Å². The SMILES string of the molecule is CC(C)c1cc(C(=O)N2C[C@H]3C[C@@H](C2)c2cccc(=O)n2C3)n(C)n1.